The first-order chi connectivity index (χ1) is 5.16. The lowest BCUT2D eigenvalue weighted by Crippen LogP contribution is -3.00. The van der Waals surface area contributed by atoms with Crippen molar-refractivity contribution in [3.63, 3.8) is 0 Å². The summed E-state index contributed by atoms with van der Waals surface area (Å²) in [5.41, 5.74) is 0. The molecule has 0 saturated carbocycles. The van der Waals surface area contributed by atoms with Crippen molar-refractivity contribution in [2.45, 2.75) is 18.9 Å². The molecule has 1 aliphatic rings. The minimum atomic E-state index is -0.0843. The van der Waals surface area contributed by atoms with Crippen LogP contribution in [0.4, 0.5) is 0 Å². The van der Waals surface area contributed by atoms with Crippen molar-refractivity contribution < 1.29 is 26.6 Å². The number of quaternary nitrogens is 1. The van der Waals surface area contributed by atoms with Gasteiger partial charge in [-0.05, 0) is 5.92 Å². The smallest absolute Gasteiger partial charge is 0.140 e. The van der Waals surface area contributed by atoms with Crippen LogP contribution in [0.25, 0.3) is 0 Å². The molecule has 1 heterocycles. The molecule has 2 nitrogen and oxygen atoms in total. The average molecular weight is 234 g/mol. The molecule has 0 aromatic rings. The lowest BCUT2D eigenvalue weighted by molar-refractivity contribution is -0.908. The minimum Gasteiger partial charge on any atom is -1.00 e. The van der Waals surface area contributed by atoms with Gasteiger partial charge in [-0.1, -0.05) is 0 Å². The largest absolute Gasteiger partial charge is 1.00 e. The number of hydrogen-bond acceptors (Lipinski definition) is 1. The number of halogens is 1. The van der Waals surface area contributed by atoms with Crippen molar-refractivity contribution in [2.75, 3.05) is 26.7 Å². The van der Waals surface area contributed by atoms with Crippen LogP contribution in [0.1, 0.15) is 12.8 Å². The highest BCUT2D eigenvalue weighted by Gasteiger charge is 2.27. The Hall–Kier alpha value is -0.0400. The van der Waals surface area contributed by atoms with Crippen LogP contribution in [-0.2, 0) is 0 Å². The zero-order chi connectivity index (χ0) is 8.32. The number of aliphatic hydroxyl groups excluding tert-OH is 1. The number of hydrogen-bond donors (Lipinski definition) is 1. The van der Waals surface area contributed by atoms with Crippen molar-refractivity contribution in [1.82, 2.24) is 0 Å². The van der Waals surface area contributed by atoms with Gasteiger partial charge in [-0.2, -0.15) is 0 Å². The molecule has 0 aromatic carbocycles. The molecular formula is C9H16BrNO. The summed E-state index contributed by atoms with van der Waals surface area (Å²) in [6.07, 6.45) is 6.97. The summed E-state index contributed by atoms with van der Waals surface area (Å²) in [6.45, 7) is 2.84. The highest BCUT2D eigenvalue weighted by molar-refractivity contribution is 4.84. The zero-order valence-corrected chi connectivity index (χ0v) is 9.05. The Morgan fingerprint density at radius 1 is 1.50 bits per heavy atom. The van der Waals surface area contributed by atoms with Gasteiger partial charge in [-0.3, -0.25) is 0 Å². The van der Waals surface area contributed by atoms with E-state index < -0.39 is 0 Å². The second kappa shape index (κ2) is 4.86. The van der Waals surface area contributed by atoms with Crippen LogP contribution in [0, 0.1) is 12.3 Å². The molecule has 0 aliphatic carbocycles. The van der Waals surface area contributed by atoms with Crippen LogP contribution < -0.4 is 17.0 Å². The van der Waals surface area contributed by atoms with Gasteiger partial charge < -0.3 is 26.6 Å². The van der Waals surface area contributed by atoms with Gasteiger partial charge >= 0.3 is 0 Å². The van der Waals surface area contributed by atoms with Gasteiger partial charge in [-0.25, -0.2) is 0 Å². The summed E-state index contributed by atoms with van der Waals surface area (Å²) >= 11 is 0. The maximum atomic E-state index is 9.25. The summed E-state index contributed by atoms with van der Waals surface area (Å²) in [5, 5.41) is 9.25. The SMILES string of the molecule is C#CC[N+]1(C)CCC(O)CC1.[Br-]. The molecule has 0 bridgehead atoms. The van der Waals surface area contributed by atoms with E-state index in [0.717, 1.165) is 37.0 Å². The quantitative estimate of drug-likeness (QED) is 0.384. The van der Waals surface area contributed by atoms with Crippen LogP contribution in [-0.4, -0.2) is 42.4 Å². The molecule has 0 spiro atoms. The molecule has 0 atom stereocenters. The number of aliphatic hydroxyl groups is 1. The number of terminal acetylenes is 1. The number of nitrogens with zero attached hydrogens (tertiary/aromatic N) is 1. The van der Waals surface area contributed by atoms with E-state index in [4.69, 9.17) is 6.42 Å². The second-order valence-electron chi connectivity index (χ2n) is 3.66. The Kier molecular flexibility index (Phi) is 4.84. The molecule has 70 valence electrons. The summed E-state index contributed by atoms with van der Waals surface area (Å²) < 4.78 is 0.938. The predicted molar refractivity (Wildman–Crippen MR) is 44.9 cm³/mol. The Bertz CT molecular complexity index is 168. The highest BCUT2D eigenvalue weighted by atomic mass is 79.9. The van der Waals surface area contributed by atoms with E-state index in [9.17, 15) is 5.11 Å². The van der Waals surface area contributed by atoms with Gasteiger partial charge in [0, 0.05) is 12.8 Å². The Morgan fingerprint density at radius 3 is 2.42 bits per heavy atom. The fourth-order valence-electron chi connectivity index (χ4n) is 1.56. The lowest BCUT2D eigenvalue weighted by Gasteiger charge is -2.37. The summed E-state index contributed by atoms with van der Waals surface area (Å²) in [6, 6.07) is 0. The van der Waals surface area contributed by atoms with E-state index in [1.165, 1.54) is 0 Å². The van der Waals surface area contributed by atoms with Crippen molar-refractivity contribution in [3.8, 4) is 12.3 Å². The first-order valence-electron chi connectivity index (χ1n) is 4.11. The van der Waals surface area contributed by atoms with Gasteiger partial charge in [0.05, 0.1) is 26.2 Å². The Balaban J connectivity index is 0.00000121. The van der Waals surface area contributed by atoms with Crippen molar-refractivity contribution >= 4 is 0 Å². The van der Waals surface area contributed by atoms with Gasteiger partial charge in [0.15, 0.2) is 0 Å². The Labute approximate surface area is 84.9 Å². The minimum absolute atomic E-state index is 0. The molecule has 3 heteroatoms. The molecule has 1 N–H and O–H groups in total. The fraction of sp³-hybridized carbons (Fsp3) is 0.778. The van der Waals surface area contributed by atoms with E-state index in [0.29, 0.717) is 0 Å². The maximum absolute atomic E-state index is 9.25. The van der Waals surface area contributed by atoms with E-state index in [1.54, 1.807) is 0 Å². The van der Waals surface area contributed by atoms with Crippen LogP contribution in [0.2, 0.25) is 0 Å². The van der Waals surface area contributed by atoms with E-state index >= 15 is 0 Å². The van der Waals surface area contributed by atoms with Gasteiger partial charge in [0.1, 0.15) is 6.54 Å². The summed E-state index contributed by atoms with van der Waals surface area (Å²) in [5.74, 6) is 2.68. The van der Waals surface area contributed by atoms with Crippen molar-refractivity contribution in [1.29, 1.82) is 0 Å². The van der Waals surface area contributed by atoms with E-state index in [2.05, 4.69) is 13.0 Å². The summed E-state index contributed by atoms with van der Waals surface area (Å²) in [7, 11) is 2.16. The standard InChI is InChI=1S/C9H16NO.BrH/c1-3-6-10(2)7-4-9(11)5-8-10;/h1,9,11H,4-8H2,2H3;1H/q+1;/p-1. The molecule has 1 fully saturated rings. The fourth-order valence-corrected chi connectivity index (χ4v) is 1.56. The maximum Gasteiger partial charge on any atom is 0.140 e. The second-order valence-corrected chi connectivity index (χ2v) is 3.66. The molecule has 1 saturated heterocycles. The van der Waals surface area contributed by atoms with Crippen molar-refractivity contribution in [2.24, 2.45) is 0 Å². The third-order valence-electron chi connectivity index (χ3n) is 2.48. The molecule has 0 amide bonds. The highest BCUT2D eigenvalue weighted by Crippen LogP contribution is 2.15. The number of piperidine rings is 1. The molecule has 12 heavy (non-hydrogen) atoms. The summed E-state index contributed by atoms with van der Waals surface area (Å²) in [4.78, 5) is 0. The number of likely N-dealkylation sites (tertiary alicyclic amines) is 1. The van der Waals surface area contributed by atoms with Gasteiger partial charge in [-0.15, -0.1) is 6.42 Å². The van der Waals surface area contributed by atoms with E-state index in [-0.39, 0.29) is 23.1 Å². The normalized spacial score (nSPS) is 34.9. The molecule has 1 aliphatic heterocycles. The molecule has 0 unspecified atom stereocenters. The first kappa shape index (κ1) is 12.0. The zero-order valence-electron chi connectivity index (χ0n) is 7.46. The van der Waals surface area contributed by atoms with Gasteiger partial charge in [0.25, 0.3) is 0 Å². The molecule has 1 rings (SSSR count). The first-order valence-corrected chi connectivity index (χ1v) is 4.11. The van der Waals surface area contributed by atoms with Gasteiger partial charge in [0.2, 0.25) is 0 Å². The van der Waals surface area contributed by atoms with Crippen LogP contribution >= 0.6 is 0 Å². The average Bonchev–Trinajstić information content (AvgIpc) is 1.97. The van der Waals surface area contributed by atoms with E-state index in [1.807, 2.05) is 0 Å². The van der Waals surface area contributed by atoms with Crippen LogP contribution in [0.5, 0.6) is 0 Å². The monoisotopic (exact) mass is 233 g/mol. The van der Waals surface area contributed by atoms with Crippen LogP contribution in [0.3, 0.4) is 0 Å². The molecule has 0 aromatic heterocycles. The molecule has 0 radical (unpaired) electrons. The predicted octanol–water partition coefficient (Wildman–Crippen LogP) is -2.78. The third kappa shape index (κ3) is 3.14. The van der Waals surface area contributed by atoms with Crippen LogP contribution in [0.15, 0.2) is 0 Å². The number of rotatable bonds is 1. The third-order valence-corrected chi connectivity index (χ3v) is 2.48. The Morgan fingerprint density at radius 2 is 2.00 bits per heavy atom. The molecular weight excluding hydrogens is 218 g/mol. The van der Waals surface area contributed by atoms with Crippen molar-refractivity contribution in [3.05, 3.63) is 0 Å². The lowest BCUT2D eigenvalue weighted by atomic mass is 10.1. The topological polar surface area (TPSA) is 20.2 Å².